The summed E-state index contributed by atoms with van der Waals surface area (Å²) in [4.78, 5) is 31.7. The van der Waals surface area contributed by atoms with Gasteiger partial charge >= 0.3 is 6.09 Å². The van der Waals surface area contributed by atoms with E-state index >= 15 is 0 Å². The first-order chi connectivity index (χ1) is 15.0. The minimum atomic E-state index is -0.806. The van der Waals surface area contributed by atoms with Crippen LogP contribution in [0.15, 0.2) is 23.2 Å². The van der Waals surface area contributed by atoms with Crippen molar-refractivity contribution in [2.75, 3.05) is 58.1 Å². The third kappa shape index (κ3) is 5.94. The average molecular weight is 469 g/mol. The van der Waals surface area contributed by atoms with Crippen LogP contribution in [0.25, 0.3) is 0 Å². The van der Waals surface area contributed by atoms with Crippen molar-refractivity contribution in [1.82, 2.24) is 4.90 Å². The molecule has 0 N–H and O–H groups in total. The lowest BCUT2D eigenvalue weighted by atomic mass is 10.1. The molecule has 0 saturated carbocycles. The number of carbonyl (C=O) groups is 2. The number of methoxy groups -OCH3 is 1. The van der Waals surface area contributed by atoms with Crippen LogP contribution >= 0.6 is 23.5 Å². The van der Waals surface area contributed by atoms with Crippen LogP contribution in [0.1, 0.15) is 19.4 Å². The molecule has 1 saturated heterocycles. The summed E-state index contributed by atoms with van der Waals surface area (Å²) in [5.74, 6) is 1.98. The Kier molecular flexibility index (Phi) is 8.65. The van der Waals surface area contributed by atoms with Gasteiger partial charge < -0.3 is 23.8 Å². The van der Waals surface area contributed by atoms with Crippen LogP contribution in [0.4, 0.5) is 4.79 Å². The predicted molar refractivity (Wildman–Crippen MR) is 123 cm³/mol. The molecule has 31 heavy (non-hydrogen) atoms. The van der Waals surface area contributed by atoms with Gasteiger partial charge in [-0.05, 0) is 24.8 Å². The average Bonchev–Trinajstić information content (AvgIpc) is 3.19. The van der Waals surface area contributed by atoms with Crippen molar-refractivity contribution < 1.29 is 28.5 Å². The zero-order valence-corrected chi connectivity index (χ0v) is 19.7. The quantitative estimate of drug-likeness (QED) is 0.538. The van der Waals surface area contributed by atoms with E-state index in [4.69, 9.17) is 23.9 Å². The van der Waals surface area contributed by atoms with Crippen molar-refractivity contribution in [1.29, 1.82) is 0 Å². The molecular weight excluding hydrogens is 440 g/mol. The van der Waals surface area contributed by atoms with E-state index in [-0.39, 0.29) is 5.12 Å². The largest absolute Gasteiger partial charge is 0.487 e. The van der Waals surface area contributed by atoms with E-state index in [1.807, 2.05) is 26.0 Å². The lowest BCUT2D eigenvalue weighted by molar-refractivity contribution is -0.114. The topological polar surface area (TPSA) is 86.7 Å². The summed E-state index contributed by atoms with van der Waals surface area (Å²) in [6.07, 6.45) is -0.462. The number of hydrogen-bond donors (Lipinski definition) is 0. The highest BCUT2D eigenvalue weighted by molar-refractivity contribution is 8.16. The minimum Gasteiger partial charge on any atom is -0.487 e. The van der Waals surface area contributed by atoms with Crippen molar-refractivity contribution in [3.05, 3.63) is 23.8 Å². The molecule has 0 aromatic heterocycles. The number of benzene rings is 1. The number of amides is 1. The molecule has 0 radical (unpaired) electrons. The van der Waals surface area contributed by atoms with Crippen molar-refractivity contribution >= 4 is 39.8 Å². The van der Waals surface area contributed by atoms with Gasteiger partial charge in [0.15, 0.2) is 11.5 Å². The molecule has 1 amide bonds. The number of morpholine rings is 1. The van der Waals surface area contributed by atoms with Crippen LogP contribution in [-0.2, 0) is 14.3 Å². The van der Waals surface area contributed by atoms with Gasteiger partial charge in [0, 0.05) is 26.0 Å². The number of aliphatic imine (C=N–C) groups is 1. The van der Waals surface area contributed by atoms with E-state index in [1.165, 1.54) is 23.5 Å². The Morgan fingerprint density at radius 3 is 2.77 bits per heavy atom. The van der Waals surface area contributed by atoms with Crippen LogP contribution in [-0.4, -0.2) is 84.8 Å². The number of para-hydroxylation sites is 1. The SMILES string of the molecule is CCSC(=O)[C@@]1(C)CSC(c2cccc(OCCOC)c2OC(=O)N2CCOCC2)=N1. The lowest BCUT2D eigenvalue weighted by Gasteiger charge is -2.26. The summed E-state index contributed by atoms with van der Waals surface area (Å²) in [6.45, 7) is 6.40. The zero-order valence-electron chi connectivity index (χ0n) is 18.0. The van der Waals surface area contributed by atoms with Crippen LogP contribution < -0.4 is 9.47 Å². The number of thioether (sulfide) groups is 2. The van der Waals surface area contributed by atoms with Gasteiger partial charge in [-0.15, -0.1) is 11.8 Å². The maximum absolute atomic E-state index is 12.8. The molecular formula is C21H28N2O6S2. The number of carbonyl (C=O) groups excluding carboxylic acids is 2. The molecule has 1 atom stereocenters. The summed E-state index contributed by atoms with van der Waals surface area (Å²) in [6, 6.07) is 5.41. The van der Waals surface area contributed by atoms with E-state index in [2.05, 4.69) is 0 Å². The number of hydrogen-bond acceptors (Lipinski definition) is 9. The predicted octanol–water partition coefficient (Wildman–Crippen LogP) is 3.07. The molecule has 1 fully saturated rings. The fourth-order valence-electron chi connectivity index (χ4n) is 3.06. The van der Waals surface area contributed by atoms with Crippen molar-refractivity contribution in [2.45, 2.75) is 19.4 Å². The molecule has 1 aromatic carbocycles. The molecule has 10 heteroatoms. The van der Waals surface area contributed by atoms with Crippen molar-refractivity contribution in [3.8, 4) is 11.5 Å². The maximum atomic E-state index is 12.8. The summed E-state index contributed by atoms with van der Waals surface area (Å²) in [5, 5.41) is 0.700. The molecule has 3 rings (SSSR count). The Morgan fingerprint density at radius 2 is 2.06 bits per heavy atom. The molecule has 0 unspecified atom stereocenters. The fourth-order valence-corrected chi connectivity index (χ4v) is 5.04. The molecule has 1 aromatic rings. The van der Waals surface area contributed by atoms with Gasteiger partial charge in [-0.1, -0.05) is 24.8 Å². The third-order valence-corrected chi connectivity index (χ3v) is 7.05. The molecule has 0 aliphatic carbocycles. The Balaban J connectivity index is 1.91. The summed E-state index contributed by atoms with van der Waals surface area (Å²) in [5.41, 5.74) is -0.168. The zero-order chi connectivity index (χ0) is 22.3. The standard InChI is InChI=1S/C21H28N2O6S2/c1-4-30-19(24)21(2)14-31-18(22-21)15-6-5-7-16(28-13-12-26-3)17(15)29-20(25)23-8-10-27-11-9-23/h5-7H,4,8-14H2,1-3H3/t21-/m1/s1. The number of rotatable bonds is 8. The van der Waals surface area contributed by atoms with Gasteiger partial charge in [-0.25, -0.2) is 4.79 Å². The van der Waals surface area contributed by atoms with Crippen LogP contribution in [0.2, 0.25) is 0 Å². The van der Waals surface area contributed by atoms with Crippen LogP contribution in [0.3, 0.4) is 0 Å². The highest BCUT2D eigenvalue weighted by Crippen LogP contribution is 2.40. The Hall–Kier alpha value is -1.75. The molecule has 2 aliphatic heterocycles. The summed E-state index contributed by atoms with van der Waals surface area (Å²) >= 11 is 2.75. The molecule has 0 bridgehead atoms. The van der Waals surface area contributed by atoms with E-state index in [0.717, 1.165) is 0 Å². The first-order valence-corrected chi connectivity index (χ1v) is 12.1. The van der Waals surface area contributed by atoms with Crippen LogP contribution in [0.5, 0.6) is 11.5 Å². The molecule has 8 nitrogen and oxygen atoms in total. The van der Waals surface area contributed by atoms with Gasteiger partial charge in [0.05, 0.1) is 25.4 Å². The second kappa shape index (κ2) is 11.2. The Labute approximate surface area is 191 Å². The summed E-state index contributed by atoms with van der Waals surface area (Å²) < 4.78 is 22.0. The van der Waals surface area contributed by atoms with E-state index in [0.29, 0.717) is 73.1 Å². The molecule has 2 aliphatic rings. The smallest absolute Gasteiger partial charge is 0.415 e. The Morgan fingerprint density at radius 1 is 1.29 bits per heavy atom. The monoisotopic (exact) mass is 468 g/mol. The second-order valence-corrected chi connectivity index (χ2v) is 9.34. The number of nitrogens with zero attached hydrogens (tertiary/aromatic N) is 2. The highest BCUT2D eigenvalue weighted by atomic mass is 32.2. The van der Waals surface area contributed by atoms with Crippen LogP contribution in [0, 0.1) is 0 Å². The van der Waals surface area contributed by atoms with Crippen molar-refractivity contribution in [2.24, 2.45) is 4.99 Å². The maximum Gasteiger partial charge on any atom is 0.415 e. The van der Waals surface area contributed by atoms with Gasteiger partial charge in [-0.2, -0.15) is 0 Å². The third-order valence-electron chi connectivity index (χ3n) is 4.77. The first kappa shape index (κ1) is 23.9. The second-order valence-electron chi connectivity index (χ2n) is 7.14. The molecule has 170 valence electrons. The summed E-state index contributed by atoms with van der Waals surface area (Å²) in [7, 11) is 1.59. The number of ether oxygens (including phenoxy) is 4. The van der Waals surface area contributed by atoms with E-state index < -0.39 is 11.6 Å². The van der Waals surface area contributed by atoms with Gasteiger partial charge in [0.2, 0.25) is 5.12 Å². The highest BCUT2D eigenvalue weighted by Gasteiger charge is 2.39. The van der Waals surface area contributed by atoms with E-state index in [1.54, 1.807) is 18.1 Å². The fraction of sp³-hybridized carbons (Fsp3) is 0.571. The van der Waals surface area contributed by atoms with Gasteiger partial charge in [0.25, 0.3) is 0 Å². The molecule has 2 heterocycles. The van der Waals surface area contributed by atoms with Gasteiger partial charge in [0.1, 0.15) is 17.2 Å². The minimum absolute atomic E-state index is 0.0388. The normalized spacial score (nSPS) is 21.0. The van der Waals surface area contributed by atoms with Gasteiger partial charge in [-0.3, -0.25) is 9.79 Å². The Bertz CT molecular complexity index is 828. The first-order valence-electron chi connectivity index (χ1n) is 10.2. The molecule has 0 spiro atoms. The van der Waals surface area contributed by atoms with E-state index in [9.17, 15) is 9.59 Å². The lowest BCUT2D eigenvalue weighted by Crippen LogP contribution is -2.42. The van der Waals surface area contributed by atoms with Crippen molar-refractivity contribution in [3.63, 3.8) is 0 Å².